The molecule has 1 atom stereocenters. The summed E-state index contributed by atoms with van der Waals surface area (Å²) in [6.07, 6.45) is 0. The Bertz CT molecular complexity index is 555. The number of ether oxygens (including phenoxy) is 1. The van der Waals surface area contributed by atoms with Gasteiger partial charge in [0.15, 0.2) is 6.54 Å². The van der Waals surface area contributed by atoms with Gasteiger partial charge in [-0.1, -0.05) is 18.2 Å². The molecule has 106 valence electrons. The Hall–Kier alpha value is -1.85. The predicted molar refractivity (Wildman–Crippen MR) is 81.4 cm³/mol. The van der Waals surface area contributed by atoms with E-state index < -0.39 is 0 Å². The molecule has 0 aliphatic rings. The second-order valence-corrected chi connectivity index (χ2v) is 5.67. The van der Waals surface area contributed by atoms with E-state index in [1.807, 2.05) is 37.4 Å². The van der Waals surface area contributed by atoms with Crippen molar-refractivity contribution in [2.24, 2.45) is 0 Å². The highest BCUT2D eigenvalue weighted by Crippen LogP contribution is 2.22. The molecule has 0 saturated heterocycles. The van der Waals surface area contributed by atoms with Gasteiger partial charge in [-0.3, -0.25) is 4.79 Å². The maximum atomic E-state index is 12.0. The van der Waals surface area contributed by atoms with Crippen LogP contribution in [0.2, 0.25) is 0 Å². The average molecular weight is 291 g/mol. The minimum absolute atomic E-state index is 0.0106. The second kappa shape index (κ2) is 7.07. The van der Waals surface area contributed by atoms with Crippen LogP contribution in [0.3, 0.4) is 0 Å². The summed E-state index contributed by atoms with van der Waals surface area (Å²) in [6, 6.07) is 11.5. The molecule has 1 amide bonds. The number of carbonyl (C=O) groups is 1. The van der Waals surface area contributed by atoms with Crippen molar-refractivity contribution in [1.82, 2.24) is 0 Å². The van der Waals surface area contributed by atoms with Crippen molar-refractivity contribution >= 4 is 22.9 Å². The van der Waals surface area contributed by atoms with Crippen LogP contribution in [0.4, 0.5) is 5.69 Å². The van der Waals surface area contributed by atoms with Gasteiger partial charge in [-0.2, -0.15) is 0 Å². The monoisotopic (exact) mass is 291 g/mol. The van der Waals surface area contributed by atoms with Crippen molar-refractivity contribution in [3.8, 4) is 5.75 Å². The minimum Gasteiger partial charge on any atom is -0.495 e. The van der Waals surface area contributed by atoms with Gasteiger partial charge in [0.1, 0.15) is 12.3 Å². The summed E-state index contributed by atoms with van der Waals surface area (Å²) in [7, 11) is 3.61. The standard InChI is InChI=1S/C15H18N2O2S/c1-17(10-12-6-5-9-20-12)11-15(18)16-13-7-3-4-8-14(13)19-2/h3-9H,10-11H2,1-2H3,(H,16,18)/p+1. The van der Waals surface area contributed by atoms with Gasteiger partial charge in [0.2, 0.25) is 0 Å². The van der Waals surface area contributed by atoms with E-state index in [0.717, 1.165) is 11.4 Å². The number of carbonyl (C=O) groups excluding carboxylic acids is 1. The van der Waals surface area contributed by atoms with Crippen molar-refractivity contribution < 1.29 is 14.4 Å². The summed E-state index contributed by atoms with van der Waals surface area (Å²) in [6.45, 7) is 1.28. The van der Waals surface area contributed by atoms with Crippen molar-refractivity contribution in [3.05, 3.63) is 46.7 Å². The summed E-state index contributed by atoms with van der Waals surface area (Å²) >= 11 is 1.72. The zero-order chi connectivity index (χ0) is 14.4. The molecule has 1 heterocycles. The van der Waals surface area contributed by atoms with Crippen LogP contribution in [0.25, 0.3) is 0 Å². The zero-order valence-corrected chi connectivity index (χ0v) is 12.5. The van der Waals surface area contributed by atoms with Gasteiger partial charge in [-0.15, -0.1) is 11.3 Å². The highest BCUT2D eigenvalue weighted by molar-refractivity contribution is 7.09. The Morgan fingerprint density at radius 3 is 2.80 bits per heavy atom. The van der Waals surface area contributed by atoms with Crippen molar-refractivity contribution in [2.45, 2.75) is 6.54 Å². The molecule has 2 aromatic rings. The number of quaternary nitrogens is 1. The summed E-state index contributed by atoms with van der Waals surface area (Å²) in [5.41, 5.74) is 0.712. The quantitative estimate of drug-likeness (QED) is 0.845. The Morgan fingerprint density at radius 1 is 1.30 bits per heavy atom. The lowest BCUT2D eigenvalue weighted by Crippen LogP contribution is -3.08. The fraction of sp³-hybridized carbons (Fsp3) is 0.267. The fourth-order valence-electron chi connectivity index (χ4n) is 1.99. The Balaban J connectivity index is 1.88. The number of methoxy groups -OCH3 is 1. The van der Waals surface area contributed by atoms with E-state index in [1.54, 1.807) is 18.4 Å². The number of hydrogen-bond donors (Lipinski definition) is 2. The highest BCUT2D eigenvalue weighted by Gasteiger charge is 2.12. The Labute approximate surface area is 123 Å². The fourth-order valence-corrected chi connectivity index (χ4v) is 2.81. The van der Waals surface area contributed by atoms with Gasteiger partial charge in [-0.25, -0.2) is 0 Å². The number of thiophene rings is 1. The number of nitrogens with one attached hydrogen (secondary N) is 2. The van der Waals surface area contributed by atoms with E-state index in [2.05, 4.69) is 16.8 Å². The molecule has 0 bridgehead atoms. The van der Waals surface area contributed by atoms with Crippen LogP contribution in [0.15, 0.2) is 41.8 Å². The van der Waals surface area contributed by atoms with Crippen LogP contribution in [-0.4, -0.2) is 26.6 Å². The summed E-state index contributed by atoms with van der Waals surface area (Å²) in [4.78, 5) is 14.5. The molecule has 5 heteroatoms. The highest BCUT2D eigenvalue weighted by atomic mass is 32.1. The van der Waals surface area contributed by atoms with E-state index in [-0.39, 0.29) is 5.91 Å². The number of likely N-dealkylation sites (N-methyl/N-ethyl adjacent to an activating group) is 1. The normalized spacial score (nSPS) is 11.9. The molecular formula is C15H19N2O2S+. The first-order chi connectivity index (χ1) is 9.69. The second-order valence-electron chi connectivity index (χ2n) is 4.64. The van der Waals surface area contributed by atoms with Crippen molar-refractivity contribution in [1.29, 1.82) is 0 Å². The topological polar surface area (TPSA) is 42.8 Å². The number of rotatable bonds is 6. The first-order valence-electron chi connectivity index (χ1n) is 6.45. The van der Waals surface area contributed by atoms with Crippen molar-refractivity contribution in [3.63, 3.8) is 0 Å². The summed E-state index contributed by atoms with van der Waals surface area (Å²) < 4.78 is 5.22. The number of benzene rings is 1. The van der Waals surface area contributed by atoms with Crippen LogP contribution in [0.5, 0.6) is 5.75 Å². The first kappa shape index (κ1) is 14.6. The molecule has 2 N–H and O–H groups in total. The Kier molecular flexibility index (Phi) is 5.15. The molecule has 2 rings (SSSR count). The predicted octanol–water partition coefficient (Wildman–Crippen LogP) is 1.41. The van der Waals surface area contributed by atoms with Gasteiger partial charge in [0, 0.05) is 0 Å². The van der Waals surface area contributed by atoms with Crippen LogP contribution in [0.1, 0.15) is 4.88 Å². The number of anilines is 1. The molecule has 1 unspecified atom stereocenters. The molecule has 1 aromatic carbocycles. The molecule has 0 radical (unpaired) electrons. The van der Waals surface area contributed by atoms with Crippen LogP contribution < -0.4 is 15.0 Å². The smallest absolute Gasteiger partial charge is 0.279 e. The SMILES string of the molecule is COc1ccccc1NC(=O)C[NH+](C)Cc1cccs1. The molecule has 0 aliphatic carbocycles. The van der Waals surface area contributed by atoms with Crippen LogP contribution in [0, 0.1) is 0 Å². The maximum Gasteiger partial charge on any atom is 0.279 e. The third-order valence-corrected chi connectivity index (χ3v) is 3.78. The minimum atomic E-state index is -0.0106. The van der Waals surface area contributed by atoms with E-state index in [1.165, 1.54) is 4.88 Å². The number of hydrogen-bond acceptors (Lipinski definition) is 3. The number of para-hydroxylation sites is 2. The van der Waals surface area contributed by atoms with Gasteiger partial charge in [-0.05, 0) is 23.6 Å². The molecule has 4 nitrogen and oxygen atoms in total. The average Bonchev–Trinajstić information content (AvgIpc) is 2.91. The summed E-state index contributed by atoms with van der Waals surface area (Å²) in [5.74, 6) is 0.667. The van der Waals surface area contributed by atoms with Crippen LogP contribution >= 0.6 is 11.3 Å². The lowest BCUT2D eigenvalue weighted by molar-refractivity contribution is -0.884. The molecule has 0 saturated carbocycles. The third-order valence-electron chi connectivity index (χ3n) is 2.90. The Morgan fingerprint density at radius 2 is 2.10 bits per heavy atom. The largest absolute Gasteiger partial charge is 0.495 e. The first-order valence-corrected chi connectivity index (χ1v) is 7.33. The molecule has 1 aromatic heterocycles. The lowest BCUT2D eigenvalue weighted by atomic mass is 10.3. The van der Waals surface area contributed by atoms with E-state index >= 15 is 0 Å². The maximum absolute atomic E-state index is 12.0. The van der Waals surface area contributed by atoms with Crippen molar-refractivity contribution in [2.75, 3.05) is 26.0 Å². The zero-order valence-electron chi connectivity index (χ0n) is 11.7. The molecule has 0 spiro atoms. The molecule has 0 aliphatic heterocycles. The molecule has 0 fully saturated rings. The molecule has 20 heavy (non-hydrogen) atoms. The lowest BCUT2D eigenvalue weighted by Gasteiger charge is -2.14. The van der Waals surface area contributed by atoms with E-state index in [9.17, 15) is 4.79 Å². The van der Waals surface area contributed by atoms with E-state index in [4.69, 9.17) is 4.74 Å². The van der Waals surface area contributed by atoms with Gasteiger partial charge in [0.05, 0.1) is 24.7 Å². The number of amides is 1. The third kappa shape index (κ3) is 4.08. The molecular weight excluding hydrogens is 272 g/mol. The van der Waals surface area contributed by atoms with Gasteiger partial charge < -0.3 is 15.0 Å². The van der Waals surface area contributed by atoms with Gasteiger partial charge in [0.25, 0.3) is 5.91 Å². The van der Waals surface area contributed by atoms with Gasteiger partial charge >= 0.3 is 0 Å². The van der Waals surface area contributed by atoms with Crippen LogP contribution in [-0.2, 0) is 11.3 Å². The summed E-state index contributed by atoms with van der Waals surface area (Å²) in [5, 5.41) is 4.94. The van der Waals surface area contributed by atoms with E-state index in [0.29, 0.717) is 18.0 Å².